The average Bonchev–Trinajstić information content (AvgIpc) is 2.92. The van der Waals surface area contributed by atoms with Gasteiger partial charge in [-0.15, -0.1) is 0 Å². The Hall–Kier alpha value is -2.86. The van der Waals surface area contributed by atoms with Crippen LogP contribution in [0.15, 0.2) is 36.4 Å². The highest BCUT2D eigenvalue weighted by molar-refractivity contribution is 6.33. The molecule has 1 atom stereocenters. The Bertz CT molecular complexity index is 1100. The molecule has 0 bridgehead atoms. The molecular weight excluding hydrogens is 397 g/mol. The van der Waals surface area contributed by atoms with Crippen molar-refractivity contribution >= 4 is 34.4 Å². The molecule has 29 heavy (non-hydrogen) atoms. The highest BCUT2D eigenvalue weighted by Crippen LogP contribution is 2.40. The minimum Gasteiger partial charge on any atom is -0.495 e. The Labute approximate surface area is 172 Å². The van der Waals surface area contributed by atoms with Gasteiger partial charge in [0.05, 0.1) is 23.6 Å². The van der Waals surface area contributed by atoms with E-state index in [4.69, 9.17) is 16.3 Å². The first-order valence-electron chi connectivity index (χ1n) is 9.08. The monoisotopic (exact) mass is 417 g/mol. The summed E-state index contributed by atoms with van der Waals surface area (Å²) in [7, 11) is 1.47. The van der Waals surface area contributed by atoms with Crippen LogP contribution < -0.4 is 4.74 Å². The lowest BCUT2D eigenvalue weighted by Crippen LogP contribution is -2.19. The number of hydrogen-bond donors (Lipinski definition) is 1. The fourth-order valence-corrected chi connectivity index (χ4v) is 3.95. The summed E-state index contributed by atoms with van der Waals surface area (Å²) in [5.41, 5.74) is 1.79. The number of benzene rings is 2. The molecule has 0 aliphatic carbocycles. The lowest BCUT2D eigenvalue weighted by molar-refractivity contribution is -0.139. The minimum atomic E-state index is -0.981. The Morgan fingerprint density at radius 1 is 1.17 bits per heavy atom. The molecule has 0 amide bonds. The third-order valence-electron chi connectivity index (χ3n) is 5.06. The molecule has 0 fully saturated rings. The van der Waals surface area contributed by atoms with E-state index in [0.717, 1.165) is 0 Å². The van der Waals surface area contributed by atoms with Gasteiger partial charge in [0.15, 0.2) is 0 Å². The van der Waals surface area contributed by atoms with Crippen LogP contribution in [0.2, 0.25) is 5.02 Å². The van der Waals surface area contributed by atoms with Gasteiger partial charge < -0.3 is 9.84 Å². The van der Waals surface area contributed by atoms with Crippen molar-refractivity contribution in [3.05, 3.63) is 64.1 Å². The number of halogens is 2. The van der Waals surface area contributed by atoms with E-state index in [1.165, 1.54) is 35.9 Å². The number of fused-ring (bicyclic) bond motifs is 1. The molecule has 0 saturated carbocycles. The van der Waals surface area contributed by atoms with Crippen LogP contribution in [0.25, 0.3) is 10.9 Å². The second-order valence-electron chi connectivity index (χ2n) is 7.21. The number of carboxylic acids is 1. The molecule has 1 heterocycles. The first kappa shape index (κ1) is 20.9. The molecule has 5 nitrogen and oxygen atoms in total. The number of methoxy groups -OCH3 is 1. The number of carboxylic acid groups (broad SMARTS) is 1. The van der Waals surface area contributed by atoms with Gasteiger partial charge in [0.2, 0.25) is 0 Å². The maximum atomic E-state index is 13.3. The van der Waals surface area contributed by atoms with Crippen molar-refractivity contribution in [1.29, 1.82) is 0 Å². The van der Waals surface area contributed by atoms with E-state index in [-0.39, 0.29) is 11.5 Å². The summed E-state index contributed by atoms with van der Waals surface area (Å²) >= 11 is 6.30. The second kappa shape index (κ2) is 7.87. The topological polar surface area (TPSA) is 68.5 Å². The van der Waals surface area contributed by atoms with Gasteiger partial charge in [-0.05, 0) is 54.8 Å². The van der Waals surface area contributed by atoms with Gasteiger partial charge in [0, 0.05) is 16.6 Å². The molecule has 0 radical (unpaired) electrons. The van der Waals surface area contributed by atoms with Gasteiger partial charge in [0.25, 0.3) is 5.91 Å². The first-order valence-corrected chi connectivity index (χ1v) is 9.46. The molecular formula is C22H21ClFNO4. The smallest absolute Gasteiger partial charge is 0.311 e. The molecule has 152 valence electrons. The van der Waals surface area contributed by atoms with Gasteiger partial charge in [-0.3, -0.25) is 14.2 Å². The number of aromatic nitrogens is 1. The standard InChI is InChI=1S/C22H21ClFNO4/c1-11(2)19(22(27)28)20-12(3)25(21(26)13-5-7-14(24)8-6-13)17-10-16(23)18(29-4)9-15(17)20/h5-11,19H,1-4H3,(H,27,28). The maximum absolute atomic E-state index is 13.3. The molecule has 0 spiro atoms. The van der Waals surface area contributed by atoms with Crippen LogP contribution in [0.4, 0.5) is 4.39 Å². The normalized spacial score (nSPS) is 12.4. The van der Waals surface area contributed by atoms with E-state index in [1.807, 2.05) is 13.8 Å². The van der Waals surface area contributed by atoms with Gasteiger partial charge in [-0.25, -0.2) is 4.39 Å². The van der Waals surface area contributed by atoms with Crippen molar-refractivity contribution in [1.82, 2.24) is 4.57 Å². The summed E-state index contributed by atoms with van der Waals surface area (Å²) in [6, 6.07) is 8.45. The number of aliphatic carboxylic acids is 1. The maximum Gasteiger partial charge on any atom is 0.311 e. The van der Waals surface area contributed by atoms with Crippen LogP contribution in [-0.2, 0) is 4.79 Å². The fourth-order valence-electron chi connectivity index (χ4n) is 3.71. The first-order chi connectivity index (χ1) is 13.7. The molecule has 0 aliphatic rings. The number of carbonyl (C=O) groups is 2. The summed E-state index contributed by atoms with van der Waals surface area (Å²) in [4.78, 5) is 25.3. The molecule has 3 rings (SSSR count). The number of hydrogen-bond acceptors (Lipinski definition) is 3. The largest absolute Gasteiger partial charge is 0.495 e. The van der Waals surface area contributed by atoms with Gasteiger partial charge in [-0.1, -0.05) is 25.4 Å². The van der Waals surface area contributed by atoms with Crippen LogP contribution in [-0.4, -0.2) is 28.7 Å². The zero-order valence-electron chi connectivity index (χ0n) is 16.5. The number of rotatable bonds is 5. The molecule has 0 saturated heterocycles. The predicted molar refractivity (Wildman–Crippen MR) is 110 cm³/mol. The summed E-state index contributed by atoms with van der Waals surface area (Å²) in [6.45, 7) is 5.34. The van der Waals surface area contributed by atoms with E-state index in [9.17, 15) is 19.1 Å². The number of ether oxygens (including phenoxy) is 1. The fraction of sp³-hybridized carbons (Fsp3) is 0.273. The Kier molecular flexibility index (Phi) is 5.66. The van der Waals surface area contributed by atoms with Crippen molar-refractivity contribution in [3.63, 3.8) is 0 Å². The van der Waals surface area contributed by atoms with E-state index < -0.39 is 23.6 Å². The Morgan fingerprint density at radius 2 is 1.79 bits per heavy atom. The quantitative estimate of drug-likeness (QED) is 0.614. The zero-order valence-corrected chi connectivity index (χ0v) is 17.2. The molecule has 3 aromatic rings. The van der Waals surface area contributed by atoms with E-state index in [1.54, 1.807) is 19.1 Å². The molecule has 1 N–H and O–H groups in total. The lowest BCUT2D eigenvalue weighted by atomic mass is 9.86. The SMILES string of the molecule is COc1cc2c(C(C(=O)O)C(C)C)c(C)n(C(=O)c3ccc(F)cc3)c2cc1Cl. The van der Waals surface area contributed by atoms with Crippen LogP contribution >= 0.6 is 11.6 Å². The highest BCUT2D eigenvalue weighted by Gasteiger charge is 2.32. The second-order valence-corrected chi connectivity index (χ2v) is 7.62. The molecule has 1 aromatic heterocycles. The van der Waals surface area contributed by atoms with Crippen LogP contribution in [0.3, 0.4) is 0 Å². The number of nitrogens with zero attached hydrogens (tertiary/aromatic N) is 1. The molecule has 0 aliphatic heterocycles. The van der Waals surface area contributed by atoms with Crippen LogP contribution in [0, 0.1) is 18.7 Å². The van der Waals surface area contributed by atoms with E-state index in [0.29, 0.717) is 32.9 Å². The van der Waals surface area contributed by atoms with Crippen molar-refractivity contribution in [2.24, 2.45) is 5.92 Å². The highest BCUT2D eigenvalue weighted by atomic mass is 35.5. The minimum absolute atomic E-state index is 0.215. The summed E-state index contributed by atoms with van der Waals surface area (Å²) in [5, 5.41) is 10.7. The third kappa shape index (κ3) is 3.60. The summed E-state index contributed by atoms with van der Waals surface area (Å²) in [6.07, 6.45) is 0. The molecule has 7 heteroatoms. The summed E-state index contributed by atoms with van der Waals surface area (Å²) in [5.74, 6) is -2.48. The van der Waals surface area contributed by atoms with Gasteiger partial charge in [-0.2, -0.15) is 0 Å². The predicted octanol–water partition coefficient (Wildman–Crippen LogP) is 5.26. The van der Waals surface area contributed by atoms with E-state index in [2.05, 4.69) is 0 Å². The van der Waals surface area contributed by atoms with Crippen molar-refractivity contribution in [2.75, 3.05) is 7.11 Å². The Balaban J connectivity index is 2.37. The summed E-state index contributed by atoms with van der Waals surface area (Å²) < 4.78 is 20.0. The van der Waals surface area contributed by atoms with Crippen molar-refractivity contribution < 1.29 is 23.8 Å². The Morgan fingerprint density at radius 3 is 2.31 bits per heavy atom. The van der Waals surface area contributed by atoms with Gasteiger partial charge >= 0.3 is 5.97 Å². The van der Waals surface area contributed by atoms with Crippen molar-refractivity contribution in [3.8, 4) is 5.75 Å². The lowest BCUT2D eigenvalue weighted by Gasteiger charge is -2.17. The van der Waals surface area contributed by atoms with Crippen molar-refractivity contribution in [2.45, 2.75) is 26.7 Å². The zero-order chi connectivity index (χ0) is 21.5. The molecule has 2 aromatic carbocycles. The average molecular weight is 418 g/mol. The number of carbonyl (C=O) groups excluding carboxylic acids is 1. The van der Waals surface area contributed by atoms with E-state index >= 15 is 0 Å². The van der Waals surface area contributed by atoms with Crippen LogP contribution in [0.1, 0.15) is 41.4 Å². The molecule has 1 unspecified atom stereocenters. The van der Waals surface area contributed by atoms with Gasteiger partial charge in [0.1, 0.15) is 11.6 Å². The third-order valence-corrected chi connectivity index (χ3v) is 5.36. The van der Waals surface area contributed by atoms with Crippen LogP contribution in [0.5, 0.6) is 5.75 Å².